The Morgan fingerprint density at radius 3 is 2.19 bits per heavy atom. The number of hydrogen-bond acceptors (Lipinski definition) is 3. The predicted molar refractivity (Wildman–Crippen MR) is 86.4 cm³/mol. The highest BCUT2D eigenvalue weighted by atomic mass is 16.3. The Morgan fingerprint density at radius 1 is 1.05 bits per heavy atom. The first-order valence-electron chi connectivity index (χ1n) is 8.21. The molecule has 2 rings (SSSR count). The molecule has 0 aliphatic heterocycles. The zero-order valence-electron chi connectivity index (χ0n) is 13.3. The normalized spacial score (nSPS) is 19.7. The summed E-state index contributed by atoms with van der Waals surface area (Å²) in [4.78, 5) is 0. The molecule has 0 radical (unpaired) electrons. The van der Waals surface area contributed by atoms with Crippen LogP contribution in [0.4, 0.5) is 0 Å². The van der Waals surface area contributed by atoms with E-state index in [0.717, 1.165) is 31.2 Å². The summed E-state index contributed by atoms with van der Waals surface area (Å²) < 4.78 is 0. The first-order valence-corrected chi connectivity index (χ1v) is 8.21. The molecule has 1 aromatic carbocycles. The molecule has 1 aromatic rings. The van der Waals surface area contributed by atoms with E-state index in [4.69, 9.17) is 0 Å². The van der Waals surface area contributed by atoms with Gasteiger partial charge in [-0.25, -0.2) is 0 Å². The van der Waals surface area contributed by atoms with E-state index in [0.29, 0.717) is 19.0 Å². The Kier molecular flexibility index (Phi) is 5.80. The van der Waals surface area contributed by atoms with E-state index in [2.05, 4.69) is 31.3 Å². The first-order chi connectivity index (χ1) is 10.0. The molecule has 0 bridgehead atoms. The van der Waals surface area contributed by atoms with Crippen LogP contribution in [0.3, 0.4) is 0 Å². The lowest BCUT2D eigenvalue weighted by molar-refractivity contribution is 0.00264. The number of hydrogen-bond donors (Lipinski definition) is 3. The van der Waals surface area contributed by atoms with Crippen LogP contribution in [0.15, 0.2) is 24.3 Å². The van der Waals surface area contributed by atoms with Crippen molar-refractivity contribution in [3.8, 4) is 0 Å². The molecule has 118 valence electrons. The average molecular weight is 291 g/mol. The highest BCUT2D eigenvalue weighted by Crippen LogP contribution is 2.27. The summed E-state index contributed by atoms with van der Waals surface area (Å²) in [7, 11) is 0. The van der Waals surface area contributed by atoms with E-state index in [9.17, 15) is 10.2 Å². The third-order valence-electron chi connectivity index (χ3n) is 4.56. The molecule has 3 nitrogen and oxygen atoms in total. The van der Waals surface area contributed by atoms with Crippen molar-refractivity contribution in [2.24, 2.45) is 0 Å². The van der Waals surface area contributed by atoms with E-state index in [1.54, 1.807) is 0 Å². The molecule has 21 heavy (non-hydrogen) atoms. The average Bonchev–Trinajstić information content (AvgIpc) is 2.48. The topological polar surface area (TPSA) is 52.5 Å². The van der Waals surface area contributed by atoms with E-state index < -0.39 is 11.7 Å². The molecule has 0 aromatic heterocycles. The number of benzene rings is 1. The summed E-state index contributed by atoms with van der Waals surface area (Å²) >= 11 is 0. The lowest BCUT2D eigenvalue weighted by atomic mass is 9.85. The first kappa shape index (κ1) is 16.5. The second kappa shape index (κ2) is 7.39. The number of aliphatic hydroxyl groups excluding tert-OH is 1. The highest BCUT2D eigenvalue weighted by Gasteiger charge is 2.28. The van der Waals surface area contributed by atoms with Crippen LogP contribution in [-0.2, 0) is 0 Å². The minimum atomic E-state index is -0.570. The summed E-state index contributed by atoms with van der Waals surface area (Å²) in [6.07, 6.45) is 4.68. The maximum Gasteiger partial charge on any atom is 0.0914 e. The SMILES string of the molecule is CC(C)c1ccc(C(O)CNCC2(O)CCCCC2)cc1. The fraction of sp³-hybridized carbons (Fsp3) is 0.667. The highest BCUT2D eigenvalue weighted by molar-refractivity contribution is 5.26. The largest absolute Gasteiger partial charge is 0.389 e. The molecular formula is C18H29NO2. The third kappa shape index (κ3) is 4.80. The van der Waals surface area contributed by atoms with Crippen molar-refractivity contribution in [2.45, 2.75) is 63.6 Å². The Bertz CT molecular complexity index is 421. The van der Waals surface area contributed by atoms with Crippen LogP contribution in [0.1, 0.15) is 69.1 Å². The third-order valence-corrected chi connectivity index (χ3v) is 4.56. The Morgan fingerprint density at radius 2 is 1.62 bits per heavy atom. The maximum atomic E-state index is 10.4. The van der Waals surface area contributed by atoms with Crippen LogP contribution in [-0.4, -0.2) is 28.9 Å². The fourth-order valence-electron chi connectivity index (χ4n) is 3.05. The van der Waals surface area contributed by atoms with Crippen molar-refractivity contribution >= 4 is 0 Å². The van der Waals surface area contributed by atoms with Crippen LogP contribution in [0.25, 0.3) is 0 Å². The number of aliphatic hydroxyl groups is 2. The molecular weight excluding hydrogens is 262 g/mol. The Hall–Kier alpha value is -0.900. The Balaban J connectivity index is 1.79. The Labute approximate surface area is 128 Å². The van der Waals surface area contributed by atoms with Crippen LogP contribution >= 0.6 is 0 Å². The van der Waals surface area contributed by atoms with Gasteiger partial charge >= 0.3 is 0 Å². The molecule has 0 amide bonds. The van der Waals surface area contributed by atoms with Crippen LogP contribution in [0.5, 0.6) is 0 Å². The predicted octanol–water partition coefficient (Wildman–Crippen LogP) is 3.13. The second-order valence-electron chi connectivity index (χ2n) is 6.75. The summed E-state index contributed by atoms with van der Waals surface area (Å²) in [5.74, 6) is 0.509. The molecule has 1 atom stereocenters. The van der Waals surface area contributed by atoms with Gasteiger partial charge in [-0.2, -0.15) is 0 Å². The summed E-state index contributed by atoms with van der Waals surface area (Å²) in [5.41, 5.74) is 1.65. The standard InChI is InChI=1S/C18H29NO2/c1-14(2)15-6-8-16(9-7-15)17(20)12-19-13-18(21)10-4-3-5-11-18/h6-9,14,17,19-21H,3-5,10-13H2,1-2H3. The van der Waals surface area contributed by atoms with Gasteiger partial charge in [0.05, 0.1) is 11.7 Å². The van der Waals surface area contributed by atoms with Gasteiger partial charge in [-0.3, -0.25) is 0 Å². The molecule has 1 unspecified atom stereocenters. The lowest BCUT2D eigenvalue weighted by Gasteiger charge is -2.32. The van der Waals surface area contributed by atoms with E-state index in [1.807, 2.05) is 12.1 Å². The van der Waals surface area contributed by atoms with Gasteiger partial charge in [0.2, 0.25) is 0 Å². The van der Waals surface area contributed by atoms with Crippen molar-refractivity contribution in [1.29, 1.82) is 0 Å². The number of rotatable bonds is 6. The molecule has 1 aliphatic carbocycles. The van der Waals surface area contributed by atoms with Gasteiger partial charge in [-0.15, -0.1) is 0 Å². The van der Waals surface area contributed by atoms with Gasteiger partial charge in [-0.05, 0) is 29.9 Å². The molecule has 1 fully saturated rings. The molecule has 1 saturated carbocycles. The summed E-state index contributed by atoms with van der Waals surface area (Å²) in [6.45, 7) is 5.40. The van der Waals surface area contributed by atoms with Crippen molar-refractivity contribution in [1.82, 2.24) is 5.32 Å². The van der Waals surface area contributed by atoms with Crippen molar-refractivity contribution in [3.63, 3.8) is 0 Å². The van der Waals surface area contributed by atoms with Crippen molar-refractivity contribution < 1.29 is 10.2 Å². The molecule has 0 spiro atoms. The monoisotopic (exact) mass is 291 g/mol. The molecule has 3 N–H and O–H groups in total. The van der Waals surface area contributed by atoms with Crippen LogP contribution in [0.2, 0.25) is 0 Å². The zero-order chi connectivity index (χ0) is 15.3. The molecule has 3 heteroatoms. The minimum Gasteiger partial charge on any atom is -0.389 e. The molecule has 0 saturated heterocycles. The molecule has 1 aliphatic rings. The second-order valence-corrected chi connectivity index (χ2v) is 6.75. The fourth-order valence-corrected chi connectivity index (χ4v) is 3.05. The number of nitrogens with one attached hydrogen (secondary N) is 1. The van der Waals surface area contributed by atoms with Crippen LogP contribution in [0, 0.1) is 0 Å². The van der Waals surface area contributed by atoms with Gasteiger partial charge in [0.15, 0.2) is 0 Å². The van der Waals surface area contributed by atoms with E-state index in [-0.39, 0.29) is 0 Å². The van der Waals surface area contributed by atoms with Crippen LogP contribution < -0.4 is 5.32 Å². The van der Waals surface area contributed by atoms with E-state index in [1.165, 1.54) is 12.0 Å². The van der Waals surface area contributed by atoms with Gasteiger partial charge in [0, 0.05) is 13.1 Å². The van der Waals surface area contributed by atoms with E-state index >= 15 is 0 Å². The van der Waals surface area contributed by atoms with Gasteiger partial charge < -0.3 is 15.5 Å². The van der Waals surface area contributed by atoms with Gasteiger partial charge in [0.25, 0.3) is 0 Å². The smallest absolute Gasteiger partial charge is 0.0914 e. The van der Waals surface area contributed by atoms with Crippen molar-refractivity contribution in [2.75, 3.05) is 13.1 Å². The summed E-state index contributed by atoms with van der Waals surface area (Å²) in [5, 5.41) is 23.9. The lowest BCUT2D eigenvalue weighted by Crippen LogP contribution is -2.43. The zero-order valence-corrected chi connectivity index (χ0v) is 13.3. The van der Waals surface area contributed by atoms with Gasteiger partial charge in [0.1, 0.15) is 0 Å². The maximum absolute atomic E-state index is 10.4. The summed E-state index contributed by atoms with van der Waals surface area (Å²) in [6, 6.07) is 8.16. The van der Waals surface area contributed by atoms with Crippen molar-refractivity contribution in [3.05, 3.63) is 35.4 Å². The quantitative estimate of drug-likeness (QED) is 0.755. The van der Waals surface area contributed by atoms with Gasteiger partial charge in [-0.1, -0.05) is 57.4 Å². The molecule has 0 heterocycles. The minimum absolute atomic E-state index is 0.489.